The SMILES string of the molecule is COC(=O)c1ccccc1NC(C)c1ccccc1Br. The number of anilines is 1. The number of ether oxygens (including phenoxy) is 1. The summed E-state index contributed by atoms with van der Waals surface area (Å²) >= 11 is 3.54. The van der Waals surface area contributed by atoms with E-state index in [1.165, 1.54) is 7.11 Å². The van der Waals surface area contributed by atoms with Crippen LogP contribution < -0.4 is 5.32 Å². The second-order valence-electron chi connectivity index (χ2n) is 4.42. The third-order valence-corrected chi connectivity index (χ3v) is 3.80. The summed E-state index contributed by atoms with van der Waals surface area (Å²) < 4.78 is 5.84. The molecule has 0 fully saturated rings. The first kappa shape index (κ1) is 14.6. The number of benzene rings is 2. The Balaban J connectivity index is 2.26. The number of esters is 1. The molecule has 104 valence electrons. The Hall–Kier alpha value is -1.81. The number of halogens is 1. The quantitative estimate of drug-likeness (QED) is 0.842. The molecular formula is C16H16BrNO2. The average molecular weight is 334 g/mol. The molecule has 0 aromatic heterocycles. The molecule has 1 atom stereocenters. The third-order valence-electron chi connectivity index (χ3n) is 3.08. The molecule has 0 radical (unpaired) electrons. The van der Waals surface area contributed by atoms with E-state index >= 15 is 0 Å². The summed E-state index contributed by atoms with van der Waals surface area (Å²) in [5, 5.41) is 3.35. The van der Waals surface area contributed by atoms with E-state index in [2.05, 4.69) is 21.2 Å². The molecular weight excluding hydrogens is 318 g/mol. The van der Waals surface area contributed by atoms with Crippen molar-refractivity contribution in [1.82, 2.24) is 0 Å². The fourth-order valence-electron chi connectivity index (χ4n) is 2.03. The summed E-state index contributed by atoms with van der Waals surface area (Å²) in [4.78, 5) is 11.7. The van der Waals surface area contributed by atoms with Crippen LogP contribution in [0.5, 0.6) is 0 Å². The topological polar surface area (TPSA) is 38.3 Å². The van der Waals surface area contributed by atoms with Gasteiger partial charge in [-0.3, -0.25) is 0 Å². The minimum atomic E-state index is -0.340. The minimum Gasteiger partial charge on any atom is -0.465 e. The minimum absolute atomic E-state index is 0.0661. The van der Waals surface area contributed by atoms with Gasteiger partial charge in [-0.15, -0.1) is 0 Å². The standard InChI is InChI=1S/C16H16BrNO2/c1-11(12-7-3-5-9-14(12)17)18-15-10-6-4-8-13(15)16(19)20-2/h3-11,18H,1-2H3. The highest BCUT2D eigenvalue weighted by molar-refractivity contribution is 9.10. The number of carbonyl (C=O) groups is 1. The van der Waals surface area contributed by atoms with Gasteiger partial charge in [0.05, 0.1) is 12.7 Å². The van der Waals surface area contributed by atoms with E-state index in [0.717, 1.165) is 15.7 Å². The molecule has 3 nitrogen and oxygen atoms in total. The molecule has 1 unspecified atom stereocenters. The molecule has 2 rings (SSSR count). The summed E-state index contributed by atoms with van der Waals surface area (Å²) in [5.41, 5.74) is 2.43. The van der Waals surface area contributed by atoms with E-state index in [9.17, 15) is 4.79 Å². The Bertz CT molecular complexity index is 613. The van der Waals surface area contributed by atoms with Crippen LogP contribution in [0.4, 0.5) is 5.69 Å². The lowest BCUT2D eigenvalue weighted by Crippen LogP contribution is -2.12. The lowest BCUT2D eigenvalue weighted by molar-refractivity contribution is 0.0602. The predicted molar refractivity (Wildman–Crippen MR) is 84.0 cm³/mol. The predicted octanol–water partition coefficient (Wildman–Crippen LogP) is 4.41. The largest absolute Gasteiger partial charge is 0.465 e. The zero-order valence-corrected chi connectivity index (χ0v) is 13.0. The average Bonchev–Trinajstić information content (AvgIpc) is 2.47. The summed E-state index contributed by atoms with van der Waals surface area (Å²) in [6.45, 7) is 2.05. The van der Waals surface area contributed by atoms with E-state index < -0.39 is 0 Å². The molecule has 0 saturated heterocycles. The van der Waals surface area contributed by atoms with E-state index in [1.807, 2.05) is 49.4 Å². The van der Waals surface area contributed by atoms with Crippen LogP contribution in [-0.2, 0) is 4.74 Å². The van der Waals surface area contributed by atoms with Gasteiger partial charge in [0.1, 0.15) is 0 Å². The second-order valence-corrected chi connectivity index (χ2v) is 5.28. The fourth-order valence-corrected chi connectivity index (χ4v) is 2.66. The number of nitrogens with one attached hydrogen (secondary N) is 1. The van der Waals surface area contributed by atoms with Gasteiger partial charge in [-0.25, -0.2) is 4.79 Å². The van der Waals surface area contributed by atoms with Crippen LogP contribution in [0.3, 0.4) is 0 Å². The highest BCUT2D eigenvalue weighted by Gasteiger charge is 2.14. The first-order chi connectivity index (χ1) is 9.63. The van der Waals surface area contributed by atoms with Crippen molar-refractivity contribution in [2.45, 2.75) is 13.0 Å². The Labute approximate surface area is 127 Å². The van der Waals surface area contributed by atoms with Gasteiger partial charge in [0.2, 0.25) is 0 Å². The molecule has 0 amide bonds. The molecule has 0 aliphatic carbocycles. The number of hydrogen-bond acceptors (Lipinski definition) is 3. The number of hydrogen-bond donors (Lipinski definition) is 1. The highest BCUT2D eigenvalue weighted by atomic mass is 79.9. The van der Waals surface area contributed by atoms with Gasteiger partial charge in [-0.05, 0) is 30.7 Å². The molecule has 0 bridgehead atoms. The Morgan fingerprint density at radius 1 is 1.15 bits per heavy atom. The van der Waals surface area contributed by atoms with Crippen molar-refractivity contribution in [2.24, 2.45) is 0 Å². The Morgan fingerprint density at radius 2 is 1.80 bits per heavy atom. The van der Waals surface area contributed by atoms with Crippen LogP contribution in [0.25, 0.3) is 0 Å². The highest BCUT2D eigenvalue weighted by Crippen LogP contribution is 2.27. The van der Waals surface area contributed by atoms with Crippen molar-refractivity contribution in [3.05, 3.63) is 64.1 Å². The number of carbonyl (C=O) groups excluding carboxylic acids is 1. The van der Waals surface area contributed by atoms with Crippen LogP contribution in [0.15, 0.2) is 53.0 Å². The summed E-state index contributed by atoms with van der Waals surface area (Å²) in [5.74, 6) is -0.340. The summed E-state index contributed by atoms with van der Waals surface area (Å²) in [6, 6.07) is 15.4. The molecule has 2 aromatic carbocycles. The maximum absolute atomic E-state index is 11.7. The summed E-state index contributed by atoms with van der Waals surface area (Å²) in [7, 11) is 1.39. The fraction of sp³-hybridized carbons (Fsp3) is 0.188. The lowest BCUT2D eigenvalue weighted by Gasteiger charge is -2.18. The van der Waals surface area contributed by atoms with Crippen molar-refractivity contribution in [3.8, 4) is 0 Å². The molecule has 0 heterocycles. The van der Waals surface area contributed by atoms with Crippen LogP contribution in [-0.4, -0.2) is 13.1 Å². The first-order valence-electron chi connectivity index (χ1n) is 6.31. The van der Waals surface area contributed by atoms with Crippen LogP contribution in [0.1, 0.15) is 28.9 Å². The van der Waals surface area contributed by atoms with E-state index in [0.29, 0.717) is 5.56 Å². The van der Waals surface area contributed by atoms with Gasteiger partial charge >= 0.3 is 5.97 Å². The molecule has 1 N–H and O–H groups in total. The molecule has 0 aliphatic rings. The molecule has 0 aliphatic heterocycles. The van der Waals surface area contributed by atoms with Crippen LogP contribution >= 0.6 is 15.9 Å². The molecule has 2 aromatic rings. The van der Waals surface area contributed by atoms with E-state index in [-0.39, 0.29) is 12.0 Å². The van der Waals surface area contributed by atoms with E-state index in [4.69, 9.17) is 4.74 Å². The van der Waals surface area contributed by atoms with Gasteiger partial charge in [-0.2, -0.15) is 0 Å². The normalized spacial score (nSPS) is 11.8. The monoisotopic (exact) mass is 333 g/mol. The smallest absolute Gasteiger partial charge is 0.339 e. The second kappa shape index (κ2) is 6.57. The lowest BCUT2D eigenvalue weighted by atomic mass is 10.1. The van der Waals surface area contributed by atoms with Gasteiger partial charge in [0.25, 0.3) is 0 Å². The molecule has 0 saturated carbocycles. The number of methoxy groups -OCH3 is 1. The Morgan fingerprint density at radius 3 is 2.50 bits per heavy atom. The van der Waals surface area contributed by atoms with E-state index in [1.54, 1.807) is 6.07 Å². The number of rotatable bonds is 4. The summed E-state index contributed by atoms with van der Waals surface area (Å²) in [6.07, 6.45) is 0. The van der Waals surface area contributed by atoms with Crippen LogP contribution in [0, 0.1) is 0 Å². The van der Waals surface area contributed by atoms with Crippen molar-refractivity contribution in [3.63, 3.8) is 0 Å². The zero-order chi connectivity index (χ0) is 14.5. The maximum Gasteiger partial charge on any atom is 0.339 e. The molecule has 0 spiro atoms. The molecule has 4 heteroatoms. The molecule has 20 heavy (non-hydrogen) atoms. The first-order valence-corrected chi connectivity index (χ1v) is 7.11. The van der Waals surface area contributed by atoms with Gasteiger partial charge < -0.3 is 10.1 Å². The van der Waals surface area contributed by atoms with Crippen LogP contribution in [0.2, 0.25) is 0 Å². The van der Waals surface area contributed by atoms with Crippen molar-refractivity contribution >= 4 is 27.6 Å². The number of para-hydroxylation sites is 1. The maximum atomic E-state index is 11.7. The van der Waals surface area contributed by atoms with Crippen molar-refractivity contribution < 1.29 is 9.53 Å². The van der Waals surface area contributed by atoms with Crippen molar-refractivity contribution in [1.29, 1.82) is 0 Å². The van der Waals surface area contributed by atoms with Gasteiger partial charge in [-0.1, -0.05) is 46.3 Å². The Kier molecular flexibility index (Phi) is 4.79. The van der Waals surface area contributed by atoms with Gasteiger partial charge in [0, 0.05) is 16.2 Å². The third kappa shape index (κ3) is 3.20. The van der Waals surface area contributed by atoms with Crippen molar-refractivity contribution in [2.75, 3.05) is 12.4 Å². The zero-order valence-electron chi connectivity index (χ0n) is 11.4. The van der Waals surface area contributed by atoms with Gasteiger partial charge in [0.15, 0.2) is 0 Å².